The lowest BCUT2D eigenvalue weighted by Gasteiger charge is -1.97. The molecule has 1 rings (SSSR count). The number of carbonyl (C=O) groups is 1. The number of rotatable bonds is 1. The highest BCUT2D eigenvalue weighted by Crippen LogP contribution is 2.27. The van der Waals surface area contributed by atoms with E-state index >= 15 is 0 Å². The number of methoxy groups -OCH3 is 1. The van der Waals surface area contributed by atoms with Gasteiger partial charge in [0.15, 0.2) is 0 Å². The molecule has 0 fully saturated rings. The van der Waals surface area contributed by atoms with Crippen LogP contribution in [0, 0.1) is 0 Å². The van der Waals surface area contributed by atoms with Crippen molar-refractivity contribution in [3.05, 3.63) is 10.6 Å². The van der Waals surface area contributed by atoms with Crippen LogP contribution in [-0.4, -0.2) is 18.8 Å². The van der Waals surface area contributed by atoms with Gasteiger partial charge in [0.05, 0.1) is 17.7 Å². The van der Waals surface area contributed by atoms with E-state index in [4.69, 9.17) is 5.73 Å². The molecule has 0 bridgehead atoms. The number of carbonyl (C=O) groups excluding carboxylic acids is 1. The second kappa shape index (κ2) is 2.96. The van der Waals surface area contributed by atoms with E-state index in [0.717, 1.165) is 12.2 Å². The van der Waals surface area contributed by atoms with Crippen molar-refractivity contribution in [2.75, 3.05) is 12.9 Å². The predicted molar refractivity (Wildman–Crippen MR) is 40.3 cm³/mol. The number of hydrogen-bond donors (Lipinski definition) is 1. The van der Waals surface area contributed by atoms with Crippen LogP contribution in [0.15, 0.2) is 10.6 Å². The van der Waals surface area contributed by atoms with Crippen LogP contribution in [0.4, 0.5) is 0 Å². The van der Waals surface area contributed by atoms with Crippen LogP contribution >= 0.6 is 11.8 Å². The Morgan fingerprint density at radius 2 is 2.50 bits per heavy atom. The molecule has 0 aromatic heterocycles. The largest absolute Gasteiger partial charge is 0.466 e. The van der Waals surface area contributed by atoms with Crippen molar-refractivity contribution in [3.63, 3.8) is 0 Å². The van der Waals surface area contributed by atoms with Gasteiger partial charge in [0.2, 0.25) is 0 Å². The molecule has 0 aromatic carbocycles. The maximum absolute atomic E-state index is 10.9. The molecule has 0 amide bonds. The smallest absolute Gasteiger partial charge is 0.336 e. The minimum Gasteiger partial charge on any atom is -0.466 e. The Morgan fingerprint density at radius 1 is 1.80 bits per heavy atom. The summed E-state index contributed by atoms with van der Waals surface area (Å²) in [6, 6.07) is 0. The van der Waals surface area contributed by atoms with Crippen LogP contribution in [0.2, 0.25) is 0 Å². The standard InChI is InChI=1S/C6H9NO2S/c1-9-6(8)4-2-3-10-5(4)7/h2-3,7H2,1H3. The molecule has 0 spiro atoms. The van der Waals surface area contributed by atoms with Crippen LogP contribution < -0.4 is 5.73 Å². The fraction of sp³-hybridized carbons (Fsp3) is 0.500. The summed E-state index contributed by atoms with van der Waals surface area (Å²) in [6.45, 7) is 0. The SMILES string of the molecule is COC(=O)C1=C(N)SCC1. The number of hydrogen-bond acceptors (Lipinski definition) is 4. The fourth-order valence-electron chi connectivity index (χ4n) is 0.799. The normalized spacial score (nSPS) is 17.7. The Balaban J connectivity index is 2.71. The van der Waals surface area contributed by atoms with E-state index < -0.39 is 0 Å². The van der Waals surface area contributed by atoms with E-state index in [-0.39, 0.29) is 5.97 Å². The fourth-order valence-corrected chi connectivity index (χ4v) is 1.68. The Kier molecular flexibility index (Phi) is 2.21. The van der Waals surface area contributed by atoms with Crippen molar-refractivity contribution in [2.24, 2.45) is 5.73 Å². The van der Waals surface area contributed by atoms with Gasteiger partial charge in [0.25, 0.3) is 0 Å². The van der Waals surface area contributed by atoms with Gasteiger partial charge >= 0.3 is 5.97 Å². The summed E-state index contributed by atoms with van der Waals surface area (Å²) >= 11 is 1.51. The molecule has 0 saturated carbocycles. The van der Waals surface area contributed by atoms with E-state index in [2.05, 4.69) is 4.74 Å². The summed E-state index contributed by atoms with van der Waals surface area (Å²) < 4.78 is 4.51. The van der Waals surface area contributed by atoms with E-state index in [1.807, 2.05) is 0 Å². The summed E-state index contributed by atoms with van der Waals surface area (Å²) in [4.78, 5) is 10.9. The second-order valence-corrected chi connectivity index (χ2v) is 3.07. The van der Waals surface area contributed by atoms with Gasteiger partial charge in [-0.15, -0.1) is 11.8 Å². The molecule has 56 valence electrons. The van der Waals surface area contributed by atoms with Gasteiger partial charge in [-0.2, -0.15) is 0 Å². The van der Waals surface area contributed by atoms with Gasteiger partial charge in [-0.3, -0.25) is 0 Å². The highest BCUT2D eigenvalue weighted by atomic mass is 32.2. The van der Waals surface area contributed by atoms with Crippen LogP contribution in [0.5, 0.6) is 0 Å². The summed E-state index contributed by atoms with van der Waals surface area (Å²) in [7, 11) is 1.37. The summed E-state index contributed by atoms with van der Waals surface area (Å²) in [6.07, 6.45) is 0.739. The third-order valence-electron chi connectivity index (χ3n) is 1.34. The molecular weight excluding hydrogens is 150 g/mol. The third kappa shape index (κ3) is 1.26. The maximum Gasteiger partial charge on any atom is 0.336 e. The number of ether oxygens (including phenoxy) is 1. The molecular formula is C6H9NO2S. The first kappa shape index (κ1) is 7.47. The average Bonchev–Trinajstić information content (AvgIpc) is 2.34. The molecule has 0 aromatic rings. The van der Waals surface area contributed by atoms with Crippen molar-refractivity contribution < 1.29 is 9.53 Å². The molecule has 1 aliphatic heterocycles. The maximum atomic E-state index is 10.9. The first-order chi connectivity index (χ1) is 4.75. The second-order valence-electron chi connectivity index (χ2n) is 1.93. The zero-order valence-corrected chi connectivity index (χ0v) is 6.53. The Hall–Kier alpha value is -0.640. The van der Waals surface area contributed by atoms with Gasteiger partial charge in [-0.05, 0) is 6.42 Å². The number of thioether (sulfide) groups is 1. The van der Waals surface area contributed by atoms with E-state index in [0.29, 0.717) is 10.6 Å². The molecule has 0 radical (unpaired) electrons. The summed E-state index contributed by atoms with van der Waals surface area (Å²) in [5.41, 5.74) is 6.13. The Morgan fingerprint density at radius 3 is 2.90 bits per heavy atom. The molecule has 0 saturated heterocycles. The van der Waals surface area contributed by atoms with Crippen LogP contribution in [0.25, 0.3) is 0 Å². The van der Waals surface area contributed by atoms with E-state index in [1.165, 1.54) is 18.9 Å². The van der Waals surface area contributed by atoms with Gasteiger partial charge in [-0.25, -0.2) is 4.79 Å². The zero-order valence-electron chi connectivity index (χ0n) is 5.72. The van der Waals surface area contributed by atoms with Gasteiger partial charge in [-0.1, -0.05) is 0 Å². The molecule has 2 N–H and O–H groups in total. The number of esters is 1. The molecule has 4 heteroatoms. The molecule has 0 atom stereocenters. The Bertz CT molecular complexity index is 188. The highest BCUT2D eigenvalue weighted by molar-refractivity contribution is 8.03. The Labute approximate surface area is 63.6 Å². The average molecular weight is 159 g/mol. The van der Waals surface area contributed by atoms with Crippen molar-refractivity contribution in [1.82, 2.24) is 0 Å². The van der Waals surface area contributed by atoms with E-state index in [9.17, 15) is 4.79 Å². The minimum atomic E-state index is -0.289. The van der Waals surface area contributed by atoms with Crippen LogP contribution in [-0.2, 0) is 9.53 Å². The monoisotopic (exact) mass is 159 g/mol. The van der Waals surface area contributed by atoms with Crippen molar-refractivity contribution in [3.8, 4) is 0 Å². The molecule has 3 nitrogen and oxygen atoms in total. The highest BCUT2D eigenvalue weighted by Gasteiger charge is 2.19. The van der Waals surface area contributed by atoms with Crippen molar-refractivity contribution in [1.29, 1.82) is 0 Å². The summed E-state index contributed by atoms with van der Waals surface area (Å²) in [5.74, 6) is 0.610. The molecule has 1 aliphatic rings. The predicted octanol–water partition coefficient (Wildman–Crippen LogP) is 0.467. The first-order valence-corrected chi connectivity index (χ1v) is 3.94. The van der Waals surface area contributed by atoms with Gasteiger partial charge < -0.3 is 10.5 Å². The van der Waals surface area contributed by atoms with Crippen molar-refractivity contribution >= 4 is 17.7 Å². The lowest BCUT2D eigenvalue weighted by atomic mass is 10.2. The first-order valence-electron chi connectivity index (χ1n) is 2.95. The molecule has 10 heavy (non-hydrogen) atoms. The lowest BCUT2D eigenvalue weighted by Crippen LogP contribution is -2.07. The molecule has 0 aliphatic carbocycles. The van der Waals surface area contributed by atoms with Crippen LogP contribution in [0.1, 0.15) is 6.42 Å². The number of nitrogens with two attached hydrogens (primary N) is 1. The molecule has 1 heterocycles. The van der Waals surface area contributed by atoms with Gasteiger partial charge in [0, 0.05) is 5.75 Å². The minimum absolute atomic E-state index is 0.289. The topological polar surface area (TPSA) is 52.3 Å². The van der Waals surface area contributed by atoms with Crippen LogP contribution in [0.3, 0.4) is 0 Å². The van der Waals surface area contributed by atoms with Gasteiger partial charge in [0.1, 0.15) is 0 Å². The lowest BCUT2D eigenvalue weighted by molar-refractivity contribution is -0.136. The summed E-state index contributed by atoms with van der Waals surface area (Å²) in [5, 5.41) is 0.617. The zero-order chi connectivity index (χ0) is 7.56. The molecule has 0 unspecified atom stereocenters. The third-order valence-corrected chi connectivity index (χ3v) is 2.30. The quantitative estimate of drug-likeness (QED) is 0.565. The van der Waals surface area contributed by atoms with Crippen molar-refractivity contribution in [2.45, 2.75) is 6.42 Å². The van der Waals surface area contributed by atoms with E-state index in [1.54, 1.807) is 0 Å².